The van der Waals surface area contributed by atoms with Gasteiger partial charge in [-0.1, -0.05) is 56.3 Å². The number of aromatic amines is 1. The Hall–Kier alpha value is -10.4. The van der Waals surface area contributed by atoms with Crippen LogP contribution in [0.2, 0.25) is 0 Å². The number of nitrogens with two attached hydrogens (primary N) is 3. The largest absolute Gasteiger partial charge is 0.508 e. The van der Waals surface area contributed by atoms with Crippen molar-refractivity contribution in [2.45, 2.75) is 152 Å². The number of carboxylic acids is 2. The first kappa shape index (κ1) is 76.0. The van der Waals surface area contributed by atoms with Crippen LogP contribution in [0.4, 0.5) is 0 Å². The number of aliphatic carboxylic acids is 2. The summed E-state index contributed by atoms with van der Waals surface area (Å²) >= 11 is 0. The number of aliphatic hydroxyl groups excluding tert-OH is 3. The van der Waals surface area contributed by atoms with E-state index in [0.29, 0.717) is 22.0 Å². The molecular formula is C60H83N15O19. The van der Waals surface area contributed by atoms with Crippen molar-refractivity contribution in [1.82, 2.24) is 58.2 Å². The molecule has 25 N–H and O–H groups in total. The molecule has 34 nitrogen and oxygen atoms in total. The number of H-pyrrole nitrogens is 1. The third kappa shape index (κ3) is 24.6. The van der Waals surface area contributed by atoms with Gasteiger partial charge in [0.25, 0.3) is 0 Å². The molecule has 0 saturated carbocycles. The molecular weight excluding hydrogens is 1230 g/mol. The quantitative estimate of drug-likeness (QED) is 0.0113. The number of fused-ring (bicyclic) bond motifs is 1. The zero-order valence-corrected chi connectivity index (χ0v) is 51.8. The number of phenolic OH excluding ortho intramolecular Hbond substituents is 2. The van der Waals surface area contributed by atoms with E-state index < -0.39 is 176 Å². The highest BCUT2D eigenvalue weighted by Gasteiger charge is 2.38. The Labute approximate surface area is 538 Å². The first-order chi connectivity index (χ1) is 44.3. The molecule has 512 valence electrons. The van der Waals surface area contributed by atoms with Gasteiger partial charge in [0.05, 0.1) is 37.7 Å². The Bertz CT molecular complexity index is 3330. The number of aliphatic hydroxyl groups is 3. The van der Waals surface area contributed by atoms with Gasteiger partial charge in [-0.15, -0.1) is 0 Å². The number of guanidine groups is 1. The summed E-state index contributed by atoms with van der Waals surface area (Å²) in [6, 6.07) is -0.138. The highest BCUT2D eigenvalue weighted by Crippen LogP contribution is 2.21. The van der Waals surface area contributed by atoms with E-state index in [0.717, 1.165) is 13.8 Å². The molecule has 34 heteroatoms. The smallest absolute Gasteiger partial charge is 0.328 e. The molecule has 0 fully saturated rings. The molecule has 4 rings (SSSR count). The first-order valence-electron chi connectivity index (χ1n) is 29.6. The van der Waals surface area contributed by atoms with Crippen molar-refractivity contribution in [3.8, 4) is 11.5 Å². The Morgan fingerprint density at radius 2 is 0.947 bits per heavy atom. The number of carbonyl (C=O) groups excluding carboxylic acids is 10. The van der Waals surface area contributed by atoms with Gasteiger partial charge >= 0.3 is 11.9 Å². The Kier molecular flexibility index (Phi) is 29.6. The van der Waals surface area contributed by atoms with Crippen LogP contribution in [-0.4, -0.2) is 203 Å². The van der Waals surface area contributed by atoms with Crippen molar-refractivity contribution in [1.29, 1.82) is 5.41 Å². The molecule has 1 heterocycles. The average molecular weight is 1320 g/mol. The summed E-state index contributed by atoms with van der Waals surface area (Å²) in [5.74, 6) is -15.9. The molecule has 0 aliphatic heterocycles. The number of nitrogens with one attached hydrogen (secondary N) is 12. The normalized spacial score (nSPS) is 15.0. The van der Waals surface area contributed by atoms with Crippen molar-refractivity contribution < 1.29 is 93.3 Å². The summed E-state index contributed by atoms with van der Waals surface area (Å²) in [6.45, 7) is 4.64. The molecule has 4 aromatic rings. The fraction of sp³-hybridized carbons (Fsp3) is 0.450. The van der Waals surface area contributed by atoms with E-state index in [1.165, 1.54) is 48.5 Å². The monoisotopic (exact) mass is 1320 g/mol. The van der Waals surface area contributed by atoms with Gasteiger partial charge in [0.2, 0.25) is 59.1 Å². The van der Waals surface area contributed by atoms with Crippen molar-refractivity contribution in [2.75, 3.05) is 13.2 Å². The van der Waals surface area contributed by atoms with Crippen LogP contribution in [0, 0.1) is 11.3 Å². The van der Waals surface area contributed by atoms with E-state index >= 15 is 0 Å². The van der Waals surface area contributed by atoms with E-state index in [1.807, 2.05) is 5.32 Å². The third-order valence-electron chi connectivity index (χ3n) is 14.4. The van der Waals surface area contributed by atoms with Crippen molar-refractivity contribution in [3.05, 3.63) is 95.7 Å². The Morgan fingerprint density at radius 1 is 0.521 bits per heavy atom. The van der Waals surface area contributed by atoms with Gasteiger partial charge in [0.15, 0.2) is 12.0 Å². The van der Waals surface area contributed by atoms with Gasteiger partial charge in [0.1, 0.15) is 59.8 Å². The zero-order chi connectivity index (χ0) is 70.1. The third-order valence-corrected chi connectivity index (χ3v) is 14.4. The van der Waals surface area contributed by atoms with Crippen molar-refractivity contribution >= 4 is 87.9 Å². The van der Waals surface area contributed by atoms with E-state index in [-0.39, 0.29) is 61.2 Å². The van der Waals surface area contributed by atoms with Crippen LogP contribution >= 0.6 is 0 Å². The molecule has 10 amide bonds. The Morgan fingerprint density at radius 3 is 1.44 bits per heavy atom. The van der Waals surface area contributed by atoms with Crippen LogP contribution in [0.1, 0.15) is 76.5 Å². The highest BCUT2D eigenvalue weighted by molar-refractivity contribution is 6.00. The minimum Gasteiger partial charge on any atom is -0.508 e. The summed E-state index contributed by atoms with van der Waals surface area (Å²) in [5, 5.41) is 102. The molecule has 0 aliphatic rings. The number of hydrogen-bond donors (Lipinski definition) is 22. The lowest BCUT2D eigenvalue weighted by Gasteiger charge is -2.29. The van der Waals surface area contributed by atoms with E-state index in [2.05, 4.69) is 52.8 Å². The maximum Gasteiger partial charge on any atom is 0.328 e. The number of aromatic hydroxyl groups is 2. The van der Waals surface area contributed by atoms with Crippen molar-refractivity contribution in [2.24, 2.45) is 23.1 Å². The SMILES string of the molecule is CC(C)C[C@H](NC(=O)[C@H](Cc1c[nH]c2ccccc12)NC(=O)[C@H](Cc1ccc(O)cc1)NC(=O)[C@@H](NC(=O)[C@H](Cc1ccc(O)cc1)NC(=O)[C@H](CC(=O)O)NC(=O)[C@H](CC(N)=O)NC(=O)[C@@H](N)CCCNC(=N)N)[C@@H](C)O)C(=O)N[C@@H](CO)C(=O)N[C@H](C(=O)O)[C@@H](C)O. The minimum atomic E-state index is -2.07. The van der Waals surface area contributed by atoms with Crippen LogP contribution < -0.4 is 70.4 Å². The van der Waals surface area contributed by atoms with Gasteiger partial charge in [-0.3, -0.25) is 58.1 Å². The lowest BCUT2D eigenvalue weighted by atomic mass is 9.99. The predicted octanol–water partition coefficient (Wildman–Crippen LogP) is -5.20. The fourth-order valence-electron chi connectivity index (χ4n) is 9.45. The lowest BCUT2D eigenvalue weighted by molar-refractivity contribution is -0.145. The molecule has 0 spiro atoms. The van der Waals surface area contributed by atoms with Gasteiger partial charge in [0, 0.05) is 42.9 Å². The fourth-order valence-corrected chi connectivity index (χ4v) is 9.45. The molecule has 1 aromatic heterocycles. The molecule has 0 radical (unpaired) electrons. The summed E-state index contributed by atoms with van der Waals surface area (Å²) in [7, 11) is 0. The first-order valence-corrected chi connectivity index (χ1v) is 29.6. The number of aromatic nitrogens is 1. The Balaban J connectivity index is 1.69. The van der Waals surface area contributed by atoms with E-state index in [9.17, 15) is 93.3 Å². The second-order valence-corrected chi connectivity index (χ2v) is 22.7. The number of carbonyl (C=O) groups is 12. The number of carboxylic acid groups (broad SMARTS) is 2. The van der Waals surface area contributed by atoms with Gasteiger partial charge in [-0.25, -0.2) is 4.79 Å². The maximum absolute atomic E-state index is 14.9. The number of hydrogen-bond acceptors (Lipinski definition) is 19. The molecule has 3 aromatic carbocycles. The lowest BCUT2D eigenvalue weighted by Crippen LogP contribution is -2.63. The van der Waals surface area contributed by atoms with Crippen molar-refractivity contribution in [3.63, 3.8) is 0 Å². The molecule has 0 saturated heterocycles. The van der Waals surface area contributed by atoms with Crippen LogP contribution in [0.15, 0.2) is 79.0 Å². The number of amides is 10. The molecule has 12 atom stereocenters. The predicted molar refractivity (Wildman–Crippen MR) is 334 cm³/mol. The molecule has 0 unspecified atom stereocenters. The van der Waals surface area contributed by atoms with Crippen LogP contribution in [0.5, 0.6) is 11.5 Å². The highest BCUT2D eigenvalue weighted by atomic mass is 16.4. The topological polar surface area (TPSA) is 584 Å². The zero-order valence-electron chi connectivity index (χ0n) is 51.8. The van der Waals surface area contributed by atoms with E-state index in [1.54, 1.807) is 44.3 Å². The number of benzene rings is 3. The average Bonchev–Trinajstić information content (AvgIpc) is 1.59. The number of rotatable bonds is 38. The molecule has 0 aliphatic carbocycles. The number of para-hydroxylation sites is 1. The second-order valence-electron chi connectivity index (χ2n) is 22.7. The molecule has 94 heavy (non-hydrogen) atoms. The van der Waals surface area contributed by atoms with Crippen LogP contribution in [-0.2, 0) is 76.8 Å². The number of phenols is 2. The summed E-state index contributed by atoms with van der Waals surface area (Å²) in [6.07, 6.45) is -4.98. The summed E-state index contributed by atoms with van der Waals surface area (Å²) in [5.41, 5.74) is 18.2. The summed E-state index contributed by atoms with van der Waals surface area (Å²) in [4.78, 5) is 166. The van der Waals surface area contributed by atoms with Crippen LogP contribution in [0.25, 0.3) is 10.9 Å². The second kappa shape index (κ2) is 36.6. The summed E-state index contributed by atoms with van der Waals surface area (Å²) < 4.78 is 0. The van der Waals surface area contributed by atoms with E-state index in [4.69, 9.17) is 22.6 Å². The van der Waals surface area contributed by atoms with Gasteiger partial charge in [-0.05, 0) is 86.1 Å². The maximum atomic E-state index is 14.9. The number of primary amides is 1. The molecule has 0 bridgehead atoms. The van der Waals surface area contributed by atoms with Gasteiger partial charge < -0.3 is 111 Å². The minimum absolute atomic E-state index is 0.00683. The van der Waals surface area contributed by atoms with Gasteiger partial charge in [-0.2, -0.15) is 0 Å². The van der Waals surface area contributed by atoms with Crippen LogP contribution in [0.3, 0.4) is 0 Å². The standard InChI is InChI=1S/C60H83N15O19/c1-28(2)20-39(51(85)73-45(27-76)57(91)75-49(30(4)78)59(93)94)68-53(87)42(23-33-26-66-38-10-6-5-8-36(33)38)70-52(86)40(21-31-11-15-34(79)16-12-31)72-58(92)48(29(3)77)74-56(90)41(22-32-13-17-35(80)18-14-32)69-55(89)44(25-47(82)83)71-54(88)43(24-46(62)81)67-50(84)37(61)9-7-19-65-60(63)64/h5-6,8,10-18,26,28-30,37,39-45,48-49,66,76-80H,7,9,19-25,27,61H2,1-4H3,(H2,62,81)(H,67,84)(H,68,87)(H,69,89)(H,70,86)(H,71,88)(H,72,92)(H,73,85)(H,74,90)(H,75,91)(H,82,83)(H,93,94)(H4,63,64,65)/t29-,30-,37+,39+,40+,41+,42+,43+,44+,45+,48+,49+/m1/s1.